The van der Waals surface area contributed by atoms with Gasteiger partial charge in [-0.05, 0) is 32.4 Å². The third kappa shape index (κ3) is 3.53. The average Bonchev–Trinajstić information content (AvgIpc) is 2.78. The van der Waals surface area contributed by atoms with E-state index in [0.29, 0.717) is 5.82 Å². The molecule has 2 aromatic rings. The third-order valence-corrected chi connectivity index (χ3v) is 2.62. The molecule has 19 heavy (non-hydrogen) atoms. The van der Waals surface area contributed by atoms with Gasteiger partial charge in [-0.3, -0.25) is 0 Å². The molecule has 0 saturated heterocycles. The van der Waals surface area contributed by atoms with E-state index in [1.165, 1.54) is 0 Å². The Morgan fingerprint density at radius 1 is 1.37 bits per heavy atom. The van der Waals surface area contributed by atoms with Crippen LogP contribution in [0.2, 0.25) is 0 Å². The number of hydrogen-bond donors (Lipinski definition) is 2. The molecule has 0 radical (unpaired) electrons. The molecule has 0 aliphatic rings. The van der Waals surface area contributed by atoms with Crippen LogP contribution < -0.4 is 5.73 Å². The third-order valence-electron chi connectivity index (χ3n) is 2.62. The fourth-order valence-electron chi connectivity index (χ4n) is 1.55. The van der Waals surface area contributed by atoms with E-state index in [0.717, 1.165) is 11.1 Å². The van der Waals surface area contributed by atoms with Gasteiger partial charge in [0.05, 0.1) is 0 Å². The zero-order valence-corrected chi connectivity index (χ0v) is 11.9. The van der Waals surface area contributed by atoms with Gasteiger partial charge in [-0.2, -0.15) is 4.98 Å². The number of aromatic nitrogens is 2. The Morgan fingerprint density at radius 2 is 2.05 bits per heavy atom. The number of rotatable bonds is 3. The summed E-state index contributed by atoms with van der Waals surface area (Å²) in [6.45, 7) is 5.11. The second kappa shape index (κ2) is 5.69. The number of hydrogen-bond acceptors (Lipinski definition) is 5. The predicted octanol–water partition coefficient (Wildman–Crippen LogP) is 2.41. The minimum atomic E-state index is -1.13. The van der Waals surface area contributed by atoms with Gasteiger partial charge in [0.15, 0.2) is 0 Å². The van der Waals surface area contributed by atoms with E-state index in [-0.39, 0.29) is 24.3 Å². The van der Waals surface area contributed by atoms with Crippen LogP contribution in [0.1, 0.15) is 38.3 Å². The summed E-state index contributed by atoms with van der Waals surface area (Å²) in [5.41, 5.74) is 6.52. The fourth-order valence-corrected chi connectivity index (χ4v) is 1.55. The maximum absolute atomic E-state index is 9.78. The molecule has 2 rings (SSSR count). The second-order valence-corrected chi connectivity index (χ2v) is 4.90. The lowest BCUT2D eigenvalue weighted by molar-refractivity contribution is 0.0420. The highest BCUT2D eigenvalue weighted by Gasteiger charge is 2.24. The summed E-state index contributed by atoms with van der Waals surface area (Å²) in [4.78, 5) is 4.18. The van der Waals surface area contributed by atoms with Gasteiger partial charge < -0.3 is 15.4 Å². The largest absolute Gasteiger partial charge is 0.381 e. The van der Waals surface area contributed by atoms with Crippen molar-refractivity contribution >= 4 is 12.4 Å². The van der Waals surface area contributed by atoms with Crippen LogP contribution >= 0.6 is 12.4 Å². The molecule has 1 atom stereocenters. The van der Waals surface area contributed by atoms with E-state index in [4.69, 9.17) is 10.3 Å². The van der Waals surface area contributed by atoms with Crippen LogP contribution in [-0.4, -0.2) is 15.2 Å². The Morgan fingerprint density at radius 3 is 2.58 bits per heavy atom. The summed E-state index contributed by atoms with van der Waals surface area (Å²) in [5.74, 6) is 0.651. The summed E-state index contributed by atoms with van der Waals surface area (Å²) >= 11 is 0. The zero-order valence-electron chi connectivity index (χ0n) is 11.1. The van der Waals surface area contributed by atoms with Gasteiger partial charge in [-0.1, -0.05) is 23.4 Å². The number of benzene rings is 1. The molecular formula is C13H18ClN3O2. The molecule has 1 aromatic carbocycles. The van der Waals surface area contributed by atoms with Crippen LogP contribution in [0, 0.1) is 0 Å². The first-order valence-electron chi connectivity index (χ1n) is 5.80. The van der Waals surface area contributed by atoms with Crippen molar-refractivity contribution in [3.8, 4) is 11.4 Å². The van der Waals surface area contributed by atoms with Crippen molar-refractivity contribution in [2.75, 3.05) is 0 Å². The summed E-state index contributed by atoms with van der Waals surface area (Å²) < 4.78 is 5.04. The second-order valence-electron chi connectivity index (χ2n) is 4.90. The molecule has 3 N–H and O–H groups in total. The van der Waals surface area contributed by atoms with E-state index < -0.39 is 5.60 Å². The highest BCUT2D eigenvalue weighted by atomic mass is 35.5. The van der Waals surface area contributed by atoms with Crippen molar-refractivity contribution in [2.45, 2.75) is 32.4 Å². The summed E-state index contributed by atoms with van der Waals surface area (Å²) in [7, 11) is 0. The Bertz CT molecular complexity index is 547. The molecule has 0 saturated carbocycles. The number of nitrogens with two attached hydrogens (primary N) is 1. The first-order valence-corrected chi connectivity index (χ1v) is 5.80. The zero-order chi connectivity index (χ0) is 13.3. The minimum Gasteiger partial charge on any atom is -0.381 e. The molecule has 0 amide bonds. The lowest BCUT2D eigenvalue weighted by Gasteiger charge is -2.09. The lowest BCUT2D eigenvalue weighted by Crippen LogP contribution is -2.15. The quantitative estimate of drug-likeness (QED) is 0.903. The minimum absolute atomic E-state index is 0. The fraction of sp³-hybridized carbons (Fsp3) is 0.385. The molecular weight excluding hydrogens is 266 g/mol. The standard InChI is InChI=1S/C13H17N3O2.ClH/c1-8(14)9-5-4-6-10(7-9)11-15-12(18-16-11)13(2,3)17;/h4-8,17H,14H2,1-3H3;1H. The Labute approximate surface area is 118 Å². The van der Waals surface area contributed by atoms with Gasteiger partial charge >= 0.3 is 0 Å². The number of halogens is 1. The molecule has 0 bridgehead atoms. The molecule has 1 aromatic heterocycles. The van der Waals surface area contributed by atoms with Crippen molar-refractivity contribution in [2.24, 2.45) is 5.73 Å². The smallest absolute Gasteiger partial charge is 0.258 e. The van der Waals surface area contributed by atoms with Gasteiger partial charge in [0.25, 0.3) is 5.89 Å². The SMILES string of the molecule is CC(N)c1cccc(-c2noc(C(C)(C)O)n2)c1.Cl. The molecule has 0 aliphatic heterocycles. The normalized spacial score (nSPS) is 12.9. The summed E-state index contributed by atoms with van der Waals surface area (Å²) in [6.07, 6.45) is 0. The van der Waals surface area contributed by atoms with Crippen LogP contribution in [-0.2, 0) is 5.60 Å². The molecule has 0 spiro atoms. The van der Waals surface area contributed by atoms with E-state index in [1.54, 1.807) is 13.8 Å². The molecule has 104 valence electrons. The van der Waals surface area contributed by atoms with Crippen LogP contribution in [0.15, 0.2) is 28.8 Å². The van der Waals surface area contributed by atoms with E-state index in [1.807, 2.05) is 31.2 Å². The highest BCUT2D eigenvalue weighted by molar-refractivity contribution is 5.85. The topological polar surface area (TPSA) is 85.2 Å². The maximum atomic E-state index is 9.78. The van der Waals surface area contributed by atoms with Gasteiger partial charge in [0, 0.05) is 11.6 Å². The van der Waals surface area contributed by atoms with E-state index >= 15 is 0 Å². The van der Waals surface area contributed by atoms with Crippen molar-refractivity contribution in [3.05, 3.63) is 35.7 Å². The van der Waals surface area contributed by atoms with Gasteiger partial charge in [0.1, 0.15) is 5.60 Å². The Kier molecular flexibility index (Phi) is 4.68. The molecule has 6 heteroatoms. The first-order chi connectivity index (χ1) is 8.38. The molecule has 1 heterocycles. The summed E-state index contributed by atoms with van der Waals surface area (Å²) in [6, 6.07) is 7.60. The van der Waals surface area contributed by atoms with E-state index in [2.05, 4.69) is 10.1 Å². The lowest BCUT2D eigenvalue weighted by atomic mass is 10.1. The molecule has 5 nitrogen and oxygen atoms in total. The molecule has 0 fully saturated rings. The summed E-state index contributed by atoms with van der Waals surface area (Å²) in [5, 5.41) is 13.6. The number of aliphatic hydroxyl groups is 1. The molecule has 0 aliphatic carbocycles. The van der Waals surface area contributed by atoms with Gasteiger partial charge in [0.2, 0.25) is 5.82 Å². The highest BCUT2D eigenvalue weighted by Crippen LogP contribution is 2.23. The van der Waals surface area contributed by atoms with Crippen molar-refractivity contribution in [3.63, 3.8) is 0 Å². The van der Waals surface area contributed by atoms with Gasteiger partial charge in [-0.25, -0.2) is 0 Å². The first kappa shape index (κ1) is 15.6. The van der Waals surface area contributed by atoms with Crippen molar-refractivity contribution in [1.29, 1.82) is 0 Å². The maximum Gasteiger partial charge on any atom is 0.258 e. The van der Waals surface area contributed by atoms with Crippen LogP contribution in [0.3, 0.4) is 0 Å². The predicted molar refractivity (Wildman–Crippen MR) is 74.8 cm³/mol. The van der Waals surface area contributed by atoms with Crippen LogP contribution in [0.4, 0.5) is 0 Å². The van der Waals surface area contributed by atoms with Crippen LogP contribution in [0.25, 0.3) is 11.4 Å². The Hall–Kier alpha value is -1.43. The van der Waals surface area contributed by atoms with Crippen LogP contribution in [0.5, 0.6) is 0 Å². The van der Waals surface area contributed by atoms with Crippen molar-refractivity contribution in [1.82, 2.24) is 10.1 Å². The Balaban J connectivity index is 0.00000180. The van der Waals surface area contributed by atoms with Gasteiger partial charge in [-0.15, -0.1) is 12.4 Å². The monoisotopic (exact) mass is 283 g/mol. The number of nitrogens with zero attached hydrogens (tertiary/aromatic N) is 2. The van der Waals surface area contributed by atoms with Crippen molar-refractivity contribution < 1.29 is 9.63 Å². The molecule has 1 unspecified atom stereocenters. The van der Waals surface area contributed by atoms with E-state index in [9.17, 15) is 5.11 Å². The average molecular weight is 284 g/mol.